The largest absolute Gasteiger partial charge is 0.394 e. The normalized spacial score (nSPS) is 36.7. The van der Waals surface area contributed by atoms with Crippen LogP contribution in [0.3, 0.4) is 0 Å². The summed E-state index contributed by atoms with van der Waals surface area (Å²) in [7, 11) is -4.06. The van der Waals surface area contributed by atoms with Crippen LogP contribution in [0, 0.1) is 0 Å². The van der Waals surface area contributed by atoms with Crippen LogP contribution in [0.2, 0.25) is 0 Å². The van der Waals surface area contributed by atoms with Gasteiger partial charge >= 0.3 is 7.60 Å². The van der Waals surface area contributed by atoms with E-state index in [0.717, 1.165) is 0 Å². The zero-order valence-electron chi connectivity index (χ0n) is 11.9. The van der Waals surface area contributed by atoms with E-state index in [4.69, 9.17) is 24.2 Å². The lowest BCUT2D eigenvalue weighted by molar-refractivity contribution is -0.298. The topological polar surface area (TPSA) is 146 Å². The molecule has 0 radical (unpaired) electrons. The molecule has 0 bridgehead atoms. The van der Waals surface area contributed by atoms with E-state index in [1.54, 1.807) is 0 Å². The average molecular weight is 330 g/mol. The molecule has 1 fully saturated rings. The molecule has 5 N–H and O–H groups in total. The Morgan fingerprint density at radius 2 is 1.86 bits per heavy atom. The van der Waals surface area contributed by atoms with Crippen LogP contribution in [0.4, 0.5) is 0 Å². The Balaban J connectivity index is 2.88. The number of aliphatic hydroxyl groups excluding tert-OH is 4. The molecule has 6 atom stereocenters. The molecule has 10 heteroatoms. The van der Waals surface area contributed by atoms with Gasteiger partial charge in [0, 0.05) is 0 Å². The van der Waals surface area contributed by atoms with Gasteiger partial charge in [-0.05, 0) is 0 Å². The van der Waals surface area contributed by atoms with Crippen LogP contribution >= 0.6 is 7.60 Å². The molecule has 0 aromatic carbocycles. The molecule has 0 aliphatic carbocycles. The van der Waals surface area contributed by atoms with Crippen LogP contribution in [0.1, 0.15) is 13.8 Å². The summed E-state index contributed by atoms with van der Waals surface area (Å²) in [5, 5.41) is 37.9. The Morgan fingerprint density at radius 1 is 1.24 bits per heavy atom. The fourth-order valence-corrected chi connectivity index (χ4v) is 2.62. The molecule has 1 saturated heterocycles. The molecule has 6 unspecified atom stereocenters. The maximum atomic E-state index is 11.9. The number of hydrogen-bond acceptors (Lipinski definition) is 8. The van der Waals surface area contributed by atoms with E-state index in [0.29, 0.717) is 0 Å². The number of aliphatic hydroxyl groups is 4. The van der Waals surface area contributed by atoms with Gasteiger partial charge < -0.3 is 34.8 Å². The van der Waals surface area contributed by atoms with Gasteiger partial charge in [0.05, 0.1) is 25.5 Å². The van der Waals surface area contributed by atoms with Crippen molar-refractivity contribution < 1.29 is 43.9 Å². The third-order valence-corrected chi connectivity index (χ3v) is 4.97. The number of rotatable bonds is 7. The molecule has 1 rings (SSSR count). The molecule has 0 aromatic heterocycles. The van der Waals surface area contributed by atoms with Gasteiger partial charge in [0.15, 0.2) is 6.29 Å². The Bertz CT molecular complexity index is 364. The second-order valence-electron chi connectivity index (χ2n) is 5.03. The summed E-state index contributed by atoms with van der Waals surface area (Å²) in [6.07, 6.45) is -6.95. The third kappa shape index (κ3) is 4.69. The van der Waals surface area contributed by atoms with Gasteiger partial charge in [-0.25, -0.2) is 0 Å². The van der Waals surface area contributed by atoms with Crippen LogP contribution in [-0.4, -0.2) is 81.5 Å². The molecule has 0 amide bonds. The van der Waals surface area contributed by atoms with Crippen molar-refractivity contribution in [2.45, 2.75) is 50.2 Å². The van der Waals surface area contributed by atoms with Crippen molar-refractivity contribution in [1.29, 1.82) is 0 Å². The van der Waals surface area contributed by atoms with Gasteiger partial charge in [0.2, 0.25) is 0 Å². The van der Waals surface area contributed by atoms with E-state index >= 15 is 0 Å². The standard InChI is InChI=1S/C11H23O9P/c1-6(2)21(16,17)20-10-8(14)7(5-13)19-11(9(10)15)18-4-3-12/h6-15H,3-5H2,1-2H3,(H,16,17). The van der Waals surface area contributed by atoms with Crippen LogP contribution in [0.25, 0.3) is 0 Å². The zero-order chi connectivity index (χ0) is 16.2. The smallest absolute Gasteiger partial charge is 0.331 e. The van der Waals surface area contributed by atoms with Gasteiger partial charge in [-0.3, -0.25) is 9.09 Å². The van der Waals surface area contributed by atoms with Crippen LogP contribution in [-0.2, 0) is 18.6 Å². The monoisotopic (exact) mass is 330 g/mol. The fraction of sp³-hybridized carbons (Fsp3) is 1.00. The highest BCUT2D eigenvalue weighted by atomic mass is 31.2. The summed E-state index contributed by atoms with van der Waals surface area (Å²) in [6, 6.07) is 0. The Morgan fingerprint density at radius 3 is 2.33 bits per heavy atom. The molecule has 0 aromatic rings. The quantitative estimate of drug-likeness (QED) is 0.349. The van der Waals surface area contributed by atoms with Crippen LogP contribution in [0.5, 0.6) is 0 Å². The van der Waals surface area contributed by atoms with Crippen molar-refractivity contribution in [3.63, 3.8) is 0 Å². The average Bonchev–Trinajstić information content (AvgIpc) is 2.42. The first-order valence-corrected chi connectivity index (χ1v) is 8.25. The Hall–Kier alpha value is -0.0900. The zero-order valence-corrected chi connectivity index (χ0v) is 12.8. The van der Waals surface area contributed by atoms with Crippen LogP contribution < -0.4 is 0 Å². The van der Waals surface area contributed by atoms with Crippen molar-refractivity contribution in [1.82, 2.24) is 0 Å². The molecule has 126 valence electrons. The molecule has 1 aliphatic heterocycles. The maximum Gasteiger partial charge on any atom is 0.331 e. The minimum absolute atomic E-state index is 0.149. The highest BCUT2D eigenvalue weighted by Gasteiger charge is 2.48. The van der Waals surface area contributed by atoms with Gasteiger partial charge in [0.25, 0.3) is 0 Å². The second-order valence-corrected chi connectivity index (χ2v) is 7.40. The number of hydrogen-bond donors (Lipinski definition) is 5. The molecular formula is C11H23O9P. The van der Waals surface area contributed by atoms with Gasteiger partial charge in [-0.2, -0.15) is 0 Å². The fourth-order valence-electron chi connectivity index (χ4n) is 1.78. The van der Waals surface area contributed by atoms with Crippen molar-refractivity contribution in [2.75, 3.05) is 19.8 Å². The SMILES string of the molecule is CC(C)P(=O)(O)OC1C(O)C(CO)OC(OCCO)C1O. The summed E-state index contributed by atoms with van der Waals surface area (Å²) in [4.78, 5) is 9.73. The van der Waals surface area contributed by atoms with E-state index in [1.807, 2.05) is 0 Å². The Kier molecular flexibility index (Phi) is 7.18. The summed E-state index contributed by atoms with van der Waals surface area (Å²) in [5.41, 5.74) is -0.732. The first-order valence-electron chi connectivity index (χ1n) is 6.60. The summed E-state index contributed by atoms with van der Waals surface area (Å²) < 4.78 is 27.1. The van der Waals surface area contributed by atoms with E-state index in [2.05, 4.69) is 0 Å². The molecular weight excluding hydrogens is 307 g/mol. The van der Waals surface area contributed by atoms with Crippen molar-refractivity contribution in [2.24, 2.45) is 0 Å². The minimum Gasteiger partial charge on any atom is -0.394 e. The summed E-state index contributed by atoms with van der Waals surface area (Å²) in [6.45, 7) is 1.85. The molecule has 0 saturated carbocycles. The van der Waals surface area contributed by atoms with Gasteiger partial charge in [-0.1, -0.05) is 13.8 Å². The van der Waals surface area contributed by atoms with Gasteiger partial charge in [-0.15, -0.1) is 0 Å². The molecule has 21 heavy (non-hydrogen) atoms. The first kappa shape index (κ1) is 19.0. The van der Waals surface area contributed by atoms with Gasteiger partial charge in [0.1, 0.15) is 24.4 Å². The Labute approximate surface area is 122 Å². The van der Waals surface area contributed by atoms with E-state index in [1.165, 1.54) is 13.8 Å². The van der Waals surface area contributed by atoms with E-state index in [9.17, 15) is 19.7 Å². The van der Waals surface area contributed by atoms with Crippen LogP contribution in [0.15, 0.2) is 0 Å². The predicted octanol–water partition coefficient (Wildman–Crippen LogP) is -1.59. The van der Waals surface area contributed by atoms with E-state index in [-0.39, 0.29) is 13.2 Å². The van der Waals surface area contributed by atoms with Crippen molar-refractivity contribution >= 4 is 7.60 Å². The lowest BCUT2D eigenvalue weighted by Gasteiger charge is -2.42. The first-order chi connectivity index (χ1) is 9.74. The lowest BCUT2D eigenvalue weighted by atomic mass is 9.99. The second kappa shape index (κ2) is 7.96. The molecule has 1 aliphatic rings. The number of ether oxygens (including phenoxy) is 2. The highest BCUT2D eigenvalue weighted by Crippen LogP contribution is 2.50. The molecule has 9 nitrogen and oxygen atoms in total. The highest BCUT2D eigenvalue weighted by molar-refractivity contribution is 7.53. The van der Waals surface area contributed by atoms with Crippen molar-refractivity contribution in [3.05, 3.63) is 0 Å². The van der Waals surface area contributed by atoms with Crippen molar-refractivity contribution in [3.8, 4) is 0 Å². The molecule has 1 heterocycles. The maximum absolute atomic E-state index is 11.9. The minimum atomic E-state index is -4.06. The third-order valence-electron chi connectivity index (χ3n) is 3.12. The molecule has 0 spiro atoms. The summed E-state index contributed by atoms with van der Waals surface area (Å²) in [5.74, 6) is 0. The summed E-state index contributed by atoms with van der Waals surface area (Å²) >= 11 is 0. The lowest BCUT2D eigenvalue weighted by Crippen LogP contribution is -2.60. The predicted molar refractivity (Wildman–Crippen MR) is 70.6 cm³/mol. The van der Waals surface area contributed by atoms with E-state index < -0.39 is 50.6 Å².